The summed E-state index contributed by atoms with van der Waals surface area (Å²) in [6.07, 6.45) is 1.80. The smallest absolute Gasteiger partial charge is 0.171 e. The van der Waals surface area contributed by atoms with Gasteiger partial charge in [0.1, 0.15) is 0 Å². The fourth-order valence-electron chi connectivity index (χ4n) is 9.13. The molecule has 0 aliphatic carbocycles. The zero-order valence-electron chi connectivity index (χ0n) is 36.9. The predicted molar refractivity (Wildman–Crippen MR) is 286 cm³/mol. The maximum atomic E-state index is 14.6. The lowest BCUT2D eigenvalue weighted by Crippen LogP contribution is -2.24. The fourth-order valence-corrected chi connectivity index (χ4v) is 14.4. The van der Waals surface area contributed by atoms with Gasteiger partial charge in [0, 0.05) is 70.7 Å². The first-order chi connectivity index (χ1) is 33.5. The van der Waals surface area contributed by atoms with E-state index in [1.807, 2.05) is 176 Å². The van der Waals surface area contributed by atoms with Gasteiger partial charge in [-0.25, -0.2) is 9.97 Å². The SMILES string of the molecule is O=P(c1ccccc1)(c1ccccc1)c1ccc(-c2ccc3ccc4cccnc4c3n2)cc1.O=P(c1ccccc1)(c1ccccc1)c1ccc(-c2nc3ccccc3c3ccccc23)cc1. The number of benzene rings is 9. The van der Waals surface area contributed by atoms with Crippen LogP contribution in [0.25, 0.3) is 66.0 Å². The number of para-hydroxylation sites is 1. The van der Waals surface area contributed by atoms with Gasteiger partial charge in [0.2, 0.25) is 0 Å². The van der Waals surface area contributed by atoms with Crippen LogP contribution in [0, 0.1) is 0 Å². The van der Waals surface area contributed by atoms with Gasteiger partial charge in [-0.1, -0.05) is 237 Å². The van der Waals surface area contributed by atoms with Crippen LogP contribution in [-0.2, 0) is 9.13 Å². The van der Waals surface area contributed by atoms with Crippen LogP contribution in [0.5, 0.6) is 0 Å². The normalized spacial score (nSPS) is 11.6. The quantitative estimate of drug-likeness (QED) is 0.112. The van der Waals surface area contributed by atoms with Crippen molar-refractivity contribution in [3.63, 3.8) is 0 Å². The largest absolute Gasteiger partial charge is 0.309 e. The van der Waals surface area contributed by atoms with Gasteiger partial charge in [-0.15, -0.1) is 0 Å². The van der Waals surface area contributed by atoms with Gasteiger partial charge in [-0.2, -0.15) is 0 Å². The Morgan fingerprint density at radius 3 is 1.24 bits per heavy atom. The molecule has 0 N–H and O–H groups in total. The summed E-state index contributed by atoms with van der Waals surface area (Å²) in [5.74, 6) is 0. The van der Waals surface area contributed by atoms with Gasteiger partial charge in [0.25, 0.3) is 0 Å². The van der Waals surface area contributed by atoms with Crippen molar-refractivity contribution in [1.29, 1.82) is 0 Å². The Labute approximate surface area is 395 Å². The van der Waals surface area contributed by atoms with Gasteiger partial charge in [-0.05, 0) is 23.6 Å². The van der Waals surface area contributed by atoms with E-state index < -0.39 is 14.3 Å². The van der Waals surface area contributed by atoms with Gasteiger partial charge in [-0.3, -0.25) is 4.98 Å². The number of pyridine rings is 3. The third-order valence-electron chi connectivity index (χ3n) is 12.6. The second kappa shape index (κ2) is 18.3. The molecule has 0 unspecified atom stereocenters. The van der Waals surface area contributed by atoms with Crippen molar-refractivity contribution in [2.75, 3.05) is 0 Å². The molecule has 0 aliphatic rings. The topological polar surface area (TPSA) is 72.8 Å². The summed E-state index contributed by atoms with van der Waals surface area (Å²) in [4.78, 5) is 14.5. The predicted octanol–water partition coefficient (Wildman–Crippen LogP) is 12.8. The number of aromatic nitrogens is 3. The molecule has 0 atom stereocenters. The van der Waals surface area contributed by atoms with E-state index in [9.17, 15) is 9.13 Å². The first-order valence-electron chi connectivity index (χ1n) is 22.5. The Kier molecular flexibility index (Phi) is 11.5. The summed E-state index contributed by atoms with van der Waals surface area (Å²) in [5.41, 5.74) is 6.56. The zero-order chi connectivity index (χ0) is 45.9. The average Bonchev–Trinajstić information content (AvgIpc) is 3.43. The summed E-state index contributed by atoms with van der Waals surface area (Å²) in [5, 5.41) is 10.5. The molecule has 3 aromatic heterocycles. The highest BCUT2D eigenvalue weighted by Crippen LogP contribution is 2.44. The van der Waals surface area contributed by atoms with Gasteiger partial charge in [0.05, 0.1) is 27.9 Å². The second-order valence-corrected chi connectivity index (χ2v) is 22.1. The molecule has 68 heavy (non-hydrogen) atoms. The van der Waals surface area contributed by atoms with E-state index in [4.69, 9.17) is 9.97 Å². The van der Waals surface area contributed by atoms with Crippen molar-refractivity contribution in [3.8, 4) is 22.5 Å². The number of fused-ring (bicyclic) bond motifs is 6. The molecular weight excluding hydrogens is 869 g/mol. The fraction of sp³-hybridized carbons (Fsp3) is 0. The van der Waals surface area contributed by atoms with Crippen LogP contribution in [0.4, 0.5) is 0 Å². The summed E-state index contributed by atoms with van der Waals surface area (Å²) in [7, 11) is -5.99. The molecule has 7 heteroatoms. The van der Waals surface area contributed by atoms with E-state index in [-0.39, 0.29) is 0 Å². The molecule has 0 spiro atoms. The first kappa shape index (κ1) is 42.6. The number of rotatable bonds is 8. The Morgan fingerprint density at radius 2 is 0.706 bits per heavy atom. The molecular formula is C61H43N3O2P2. The van der Waals surface area contributed by atoms with Gasteiger partial charge >= 0.3 is 0 Å². The molecule has 3 heterocycles. The molecule has 12 aromatic rings. The monoisotopic (exact) mass is 911 g/mol. The molecule has 9 aromatic carbocycles. The maximum absolute atomic E-state index is 14.6. The van der Waals surface area contributed by atoms with Crippen LogP contribution in [-0.4, -0.2) is 15.0 Å². The van der Waals surface area contributed by atoms with Crippen LogP contribution < -0.4 is 31.8 Å². The number of hydrogen-bond acceptors (Lipinski definition) is 5. The van der Waals surface area contributed by atoms with Crippen molar-refractivity contribution in [2.45, 2.75) is 0 Å². The van der Waals surface area contributed by atoms with Crippen molar-refractivity contribution >= 4 is 89.6 Å². The summed E-state index contributed by atoms with van der Waals surface area (Å²) >= 11 is 0. The minimum atomic E-state index is -3.00. The molecule has 5 nitrogen and oxygen atoms in total. The molecule has 0 aliphatic heterocycles. The van der Waals surface area contributed by atoms with Crippen LogP contribution in [0.2, 0.25) is 0 Å². The number of nitrogens with zero attached hydrogens (tertiary/aromatic N) is 3. The van der Waals surface area contributed by atoms with Crippen molar-refractivity contribution < 1.29 is 9.13 Å². The first-order valence-corrected chi connectivity index (χ1v) is 26.0. The lowest BCUT2D eigenvalue weighted by molar-refractivity contribution is 0.591. The Morgan fingerprint density at radius 1 is 0.294 bits per heavy atom. The van der Waals surface area contributed by atoms with Crippen LogP contribution in [0.15, 0.2) is 261 Å². The van der Waals surface area contributed by atoms with Gasteiger partial charge in [0.15, 0.2) is 14.3 Å². The van der Waals surface area contributed by atoms with Gasteiger partial charge < -0.3 is 9.13 Å². The average molecular weight is 912 g/mol. The molecule has 0 radical (unpaired) electrons. The molecule has 0 saturated carbocycles. The van der Waals surface area contributed by atoms with Crippen LogP contribution >= 0.6 is 14.3 Å². The van der Waals surface area contributed by atoms with Crippen LogP contribution in [0.1, 0.15) is 0 Å². The molecule has 0 saturated heterocycles. The molecule has 0 bridgehead atoms. The lowest BCUT2D eigenvalue weighted by Gasteiger charge is -2.20. The van der Waals surface area contributed by atoms with E-state index in [2.05, 4.69) is 83.8 Å². The summed E-state index contributed by atoms with van der Waals surface area (Å²) < 4.78 is 29.2. The summed E-state index contributed by atoms with van der Waals surface area (Å²) in [6.45, 7) is 0. The third kappa shape index (κ3) is 7.82. The molecule has 324 valence electrons. The highest BCUT2D eigenvalue weighted by atomic mass is 31.2. The maximum Gasteiger partial charge on any atom is 0.171 e. The van der Waals surface area contributed by atoms with E-state index in [0.717, 1.165) is 92.4 Å². The lowest BCUT2D eigenvalue weighted by atomic mass is 10.0. The highest BCUT2D eigenvalue weighted by Gasteiger charge is 2.31. The molecule has 0 amide bonds. The third-order valence-corrected chi connectivity index (χ3v) is 18.7. The highest BCUT2D eigenvalue weighted by molar-refractivity contribution is 7.85. The van der Waals surface area contributed by atoms with Crippen molar-refractivity contribution in [2.24, 2.45) is 0 Å². The minimum absolute atomic E-state index is 0.807. The van der Waals surface area contributed by atoms with Crippen molar-refractivity contribution in [3.05, 3.63) is 261 Å². The summed E-state index contributed by atoms with van der Waals surface area (Å²) in [6, 6.07) is 84.0. The molecule has 12 rings (SSSR count). The zero-order valence-corrected chi connectivity index (χ0v) is 38.7. The van der Waals surface area contributed by atoms with E-state index >= 15 is 0 Å². The number of hydrogen-bond donors (Lipinski definition) is 0. The Balaban J connectivity index is 0.000000149. The molecule has 0 fully saturated rings. The van der Waals surface area contributed by atoms with Crippen LogP contribution in [0.3, 0.4) is 0 Å². The second-order valence-electron chi connectivity index (χ2n) is 16.6. The Hall–Kier alpha value is -8.07. The Bertz CT molecular complexity index is 3740. The standard InChI is InChI=1S/C31H22NOP.C30H21N2OP/c33-34(24-11-3-1-4-12-24,25-13-5-2-6-14-25)26-21-19-23(20-22-26)31-29-17-8-7-15-27(29)28-16-9-10-18-30(28)32-31;33-34(25-9-3-1-4-10-25,26-11-5-2-6-12-26)27-18-15-22(16-19-27)28-20-17-24-14-13-23-8-7-21-31-29(23)30(24)32-28/h1-22H;1-21H. The van der Waals surface area contributed by atoms with Crippen molar-refractivity contribution in [1.82, 2.24) is 15.0 Å². The van der Waals surface area contributed by atoms with E-state index in [0.29, 0.717) is 0 Å². The van der Waals surface area contributed by atoms with E-state index in [1.165, 1.54) is 5.39 Å². The minimum Gasteiger partial charge on any atom is -0.309 e. The van der Waals surface area contributed by atoms with E-state index in [1.54, 1.807) is 6.20 Å².